The number of aromatic nitrogens is 1. The van der Waals surface area contributed by atoms with Crippen molar-refractivity contribution in [3.05, 3.63) is 71.9 Å². The Labute approximate surface area is 131 Å². The number of H-pyrrole nitrogens is 1. The predicted molar refractivity (Wildman–Crippen MR) is 96.0 cm³/mol. The van der Waals surface area contributed by atoms with E-state index < -0.39 is 0 Å². The zero-order valence-corrected chi connectivity index (χ0v) is 13.0. The molecule has 0 fully saturated rings. The number of hydrogen-bond donors (Lipinski definition) is 1. The van der Waals surface area contributed by atoms with Gasteiger partial charge in [-0.1, -0.05) is 57.3 Å². The van der Waals surface area contributed by atoms with Gasteiger partial charge in [0.15, 0.2) is 0 Å². The highest BCUT2D eigenvalue weighted by atomic mass is 14.7. The minimum atomic E-state index is 0.0356. The van der Waals surface area contributed by atoms with Gasteiger partial charge in [0, 0.05) is 27.6 Å². The molecule has 0 amide bonds. The minimum Gasteiger partial charge on any atom is -0.355 e. The summed E-state index contributed by atoms with van der Waals surface area (Å²) < 4.78 is 0. The van der Waals surface area contributed by atoms with Crippen LogP contribution in [0.25, 0.3) is 34.2 Å². The first-order chi connectivity index (χ1) is 10.6. The van der Waals surface area contributed by atoms with Gasteiger partial charge in [-0.25, -0.2) is 0 Å². The van der Waals surface area contributed by atoms with Crippen LogP contribution in [0.2, 0.25) is 0 Å². The fourth-order valence-corrected chi connectivity index (χ4v) is 3.81. The molecule has 0 bridgehead atoms. The molecule has 0 radical (unpaired) electrons. The van der Waals surface area contributed by atoms with Crippen molar-refractivity contribution in [3.8, 4) is 11.1 Å². The van der Waals surface area contributed by atoms with E-state index in [0.29, 0.717) is 0 Å². The Bertz CT molecular complexity index is 938. The van der Waals surface area contributed by atoms with Gasteiger partial charge in [0.05, 0.1) is 0 Å². The monoisotopic (exact) mass is 285 g/mol. The number of aromatic amines is 1. The molecule has 22 heavy (non-hydrogen) atoms. The SMILES string of the molecule is C=Cc1[nH]c2cc3c(cc2c1C=C)-c1ccccc1C3(C)C. The third-order valence-electron chi connectivity index (χ3n) is 4.98. The third-order valence-corrected chi connectivity index (χ3v) is 4.98. The lowest BCUT2D eigenvalue weighted by Gasteiger charge is -2.21. The molecule has 0 saturated carbocycles. The third kappa shape index (κ3) is 1.48. The molecule has 1 nitrogen and oxygen atoms in total. The average Bonchev–Trinajstić information content (AvgIpc) is 2.99. The summed E-state index contributed by atoms with van der Waals surface area (Å²) in [6, 6.07) is 13.3. The molecule has 4 rings (SSSR count). The molecule has 2 aromatic carbocycles. The lowest BCUT2D eigenvalue weighted by atomic mass is 9.82. The second kappa shape index (κ2) is 4.23. The van der Waals surface area contributed by atoms with Crippen LogP contribution in [0.3, 0.4) is 0 Å². The van der Waals surface area contributed by atoms with Crippen LogP contribution in [0.4, 0.5) is 0 Å². The summed E-state index contributed by atoms with van der Waals surface area (Å²) in [6.07, 6.45) is 3.77. The van der Waals surface area contributed by atoms with E-state index in [1.165, 1.54) is 27.6 Å². The lowest BCUT2D eigenvalue weighted by Crippen LogP contribution is -2.14. The van der Waals surface area contributed by atoms with Gasteiger partial charge in [-0.3, -0.25) is 0 Å². The van der Waals surface area contributed by atoms with Crippen LogP contribution in [0.1, 0.15) is 36.2 Å². The molecule has 1 heteroatoms. The summed E-state index contributed by atoms with van der Waals surface area (Å²) in [5.41, 5.74) is 8.84. The number of fused-ring (bicyclic) bond motifs is 4. The van der Waals surface area contributed by atoms with Gasteiger partial charge in [0.2, 0.25) is 0 Å². The predicted octanol–water partition coefficient (Wildman–Crippen LogP) is 5.76. The second-order valence-electron chi connectivity index (χ2n) is 6.47. The first-order valence-electron chi connectivity index (χ1n) is 7.63. The molecular weight excluding hydrogens is 266 g/mol. The van der Waals surface area contributed by atoms with Crippen LogP contribution in [0.15, 0.2) is 49.6 Å². The second-order valence-corrected chi connectivity index (χ2v) is 6.47. The molecule has 0 spiro atoms. The molecule has 1 aliphatic rings. The van der Waals surface area contributed by atoms with Gasteiger partial charge >= 0.3 is 0 Å². The Kier molecular flexibility index (Phi) is 2.53. The molecule has 0 atom stereocenters. The normalized spacial score (nSPS) is 14.6. The summed E-state index contributed by atoms with van der Waals surface area (Å²) in [6.45, 7) is 12.5. The maximum Gasteiger partial charge on any atom is 0.0468 e. The molecule has 1 aromatic heterocycles. The van der Waals surface area contributed by atoms with Gasteiger partial charge in [0.25, 0.3) is 0 Å². The van der Waals surface area contributed by atoms with E-state index in [1.54, 1.807) is 0 Å². The number of nitrogens with one attached hydrogen (secondary N) is 1. The van der Waals surface area contributed by atoms with Gasteiger partial charge in [-0.15, -0.1) is 0 Å². The van der Waals surface area contributed by atoms with Crippen molar-refractivity contribution < 1.29 is 0 Å². The van der Waals surface area contributed by atoms with Crippen molar-refractivity contribution in [1.82, 2.24) is 4.98 Å². The van der Waals surface area contributed by atoms with Crippen molar-refractivity contribution >= 4 is 23.1 Å². The number of benzene rings is 2. The Morgan fingerprint density at radius 3 is 2.45 bits per heavy atom. The quantitative estimate of drug-likeness (QED) is 0.616. The maximum absolute atomic E-state index is 3.96. The highest BCUT2D eigenvalue weighted by molar-refractivity contribution is 5.98. The fourth-order valence-electron chi connectivity index (χ4n) is 3.81. The molecule has 0 aliphatic heterocycles. The summed E-state index contributed by atoms with van der Waals surface area (Å²) in [7, 11) is 0. The van der Waals surface area contributed by atoms with Gasteiger partial charge in [0.1, 0.15) is 0 Å². The Morgan fingerprint density at radius 1 is 0.955 bits per heavy atom. The number of hydrogen-bond acceptors (Lipinski definition) is 0. The topological polar surface area (TPSA) is 15.8 Å². The fraction of sp³-hybridized carbons (Fsp3) is 0.143. The van der Waals surface area contributed by atoms with Gasteiger partial charge < -0.3 is 4.98 Å². The maximum atomic E-state index is 3.96. The summed E-state index contributed by atoms with van der Waals surface area (Å²) in [4.78, 5) is 3.47. The molecule has 0 unspecified atom stereocenters. The summed E-state index contributed by atoms with van der Waals surface area (Å²) >= 11 is 0. The molecule has 108 valence electrons. The highest BCUT2D eigenvalue weighted by Gasteiger charge is 2.35. The van der Waals surface area contributed by atoms with E-state index >= 15 is 0 Å². The van der Waals surface area contributed by atoms with E-state index in [9.17, 15) is 0 Å². The standard InChI is InChI=1S/C21H19N/c1-5-13-16-11-15-14-9-7-8-10-17(14)21(3,4)18(15)12-20(16)22-19(13)6-2/h5-12,22H,1-2H2,3-4H3. The largest absolute Gasteiger partial charge is 0.355 e. The van der Waals surface area contributed by atoms with Crippen molar-refractivity contribution in [1.29, 1.82) is 0 Å². The van der Waals surface area contributed by atoms with Crippen LogP contribution in [0, 0.1) is 0 Å². The highest BCUT2D eigenvalue weighted by Crippen LogP contribution is 2.50. The van der Waals surface area contributed by atoms with Crippen LogP contribution >= 0.6 is 0 Å². The summed E-state index contributed by atoms with van der Waals surface area (Å²) in [5, 5.41) is 1.22. The van der Waals surface area contributed by atoms with Gasteiger partial charge in [-0.05, 0) is 40.5 Å². The van der Waals surface area contributed by atoms with E-state index in [2.05, 4.69) is 68.4 Å². The molecule has 0 saturated heterocycles. The van der Waals surface area contributed by atoms with E-state index in [0.717, 1.165) is 16.8 Å². The molecule has 1 heterocycles. The zero-order valence-electron chi connectivity index (χ0n) is 13.0. The van der Waals surface area contributed by atoms with E-state index in [-0.39, 0.29) is 5.41 Å². The average molecular weight is 285 g/mol. The van der Waals surface area contributed by atoms with E-state index in [1.807, 2.05) is 12.2 Å². The van der Waals surface area contributed by atoms with Crippen LogP contribution < -0.4 is 0 Å². The van der Waals surface area contributed by atoms with Crippen LogP contribution in [-0.4, -0.2) is 4.98 Å². The first kappa shape index (κ1) is 13.1. The molecular formula is C21H19N. The smallest absolute Gasteiger partial charge is 0.0468 e. The minimum absolute atomic E-state index is 0.0356. The zero-order chi connectivity index (χ0) is 15.5. The molecule has 1 aliphatic carbocycles. The van der Waals surface area contributed by atoms with Crippen molar-refractivity contribution in [2.24, 2.45) is 0 Å². The van der Waals surface area contributed by atoms with E-state index in [4.69, 9.17) is 0 Å². The van der Waals surface area contributed by atoms with Gasteiger partial charge in [-0.2, -0.15) is 0 Å². The van der Waals surface area contributed by atoms with Crippen molar-refractivity contribution in [2.45, 2.75) is 19.3 Å². The lowest BCUT2D eigenvalue weighted by molar-refractivity contribution is 0.661. The molecule has 1 N–H and O–H groups in total. The Balaban J connectivity index is 2.13. The van der Waals surface area contributed by atoms with Crippen LogP contribution in [0.5, 0.6) is 0 Å². The van der Waals surface area contributed by atoms with Crippen molar-refractivity contribution in [2.75, 3.05) is 0 Å². The Hall–Kier alpha value is -2.54. The van der Waals surface area contributed by atoms with Crippen molar-refractivity contribution in [3.63, 3.8) is 0 Å². The first-order valence-corrected chi connectivity index (χ1v) is 7.63. The number of rotatable bonds is 2. The molecule has 3 aromatic rings. The Morgan fingerprint density at radius 2 is 1.73 bits per heavy atom. The summed E-state index contributed by atoms with van der Waals surface area (Å²) in [5.74, 6) is 0. The van der Waals surface area contributed by atoms with Crippen LogP contribution in [-0.2, 0) is 5.41 Å².